The normalized spacial score (nSPS) is 24.5. The molecule has 348 valence electrons. The van der Waals surface area contributed by atoms with E-state index in [1.807, 2.05) is 87.7 Å². The topological polar surface area (TPSA) is 154 Å². The first-order valence-electron chi connectivity index (χ1n) is 22.4. The first-order valence-corrected chi connectivity index (χ1v) is 22.4. The number of nitrogens with one attached hydrogen (secondary N) is 3. The second kappa shape index (κ2) is 20.8. The number of aliphatic hydroxyl groups is 1. The highest BCUT2D eigenvalue weighted by Crippen LogP contribution is 2.61. The molecule has 4 fully saturated rings. The first-order chi connectivity index (χ1) is 30.4. The maximum Gasteiger partial charge on any atom is 0.407 e. The number of anilines is 1. The fraction of sp³-hybridized carbons (Fsp3) is 0.540. The molecule has 0 unspecified atom stereocenters. The number of methoxy groups -OCH3 is 2. The van der Waals surface area contributed by atoms with Crippen molar-refractivity contribution in [3.63, 3.8) is 0 Å². The van der Waals surface area contributed by atoms with E-state index >= 15 is 0 Å². The van der Waals surface area contributed by atoms with E-state index < -0.39 is 36.9 Å². The Hall–Kier alpha value is -5.15. The summed E-state index contributed by atoms with van der Waals surface area (Å²) in [4.78, 5) is 52.4. The van der Waals surface area contributed by atoms with Crippen LogP contribution >= 0.6 is 0 Å². The van der Waals surface area contributed by atoms with Gasteiger partial charge in [-0.25, -0.2) is 4.79 Å². The van der Waals surface area contributed by atoms with Crippen molar-refractivity contribution in [2.45, 2.75) is 83.8 Å². The van der Waals surface area contributed by atoms with Crippen molar-refractivity contribution in [2.24, 2.45) is 29.1 Å². The van der Waals surface area contributed by atoms with Gasteiger partial charge in [-0.15, -0.1) is 0 Å². The van der Waals surface area contributed by atoms with E-state index in [4.69, 9.17) is 19.0 Å². The van der Waals surface area contributed by atoms with Crippen LogP contribution in [-0.2, 0) is 32.1 Å². The predicted octanol–water partition coefficient (Wildman–Crippen LogP) is 5.89. The average molecular weight is 883 g/mol. The summed E-state index contributed by atoms with van der Waals surface area (Å²) < 4.78 is 17.1. The summed E-state index contributed by atoms with van der Waals surface area (Å²) in [6.07, 6.45) is 0.291. The van der Waals surface area contributed by atoms with Crippen LogP contribution in [-0.4, -0.2) is 125 Å². The highest BCUT2D eigenvalue weighted by molar-refractivity contribution is 5.97. The number of fused-ring (bicyclic) bond motifs is 2. The summed E-state index contributed by atoms with van der Waals surface area (Å²) in [6.45, 7) is 12.7. The van der Waals surface area contributed by atoms with Crippen LogP contribution in [0.5, 0.6) is 5.75 Å². The molecule has 4 aliphatic rings. The van der Waals surface area contributed by atoms with Crippen LogP contribution in [0.1, 0.15) is 62.0 Å². The Balaban J connectivity index is 1.31. The number of likely N-dealkylation sites (N-methyl/N-ethyl adjacent to an activating group) is 1. The van der Waals surface area contributed by atoms with E-state index in [9.17, 15) is 19.5 Å². The zero-order chi connectivity index (χ0) is 46.5. The Morgan fingerprint density at radius 2 is 1.75 bits per heavy atom. The van der Waals surface area contributed by atoms with Gasteiger partial charge in [-0.2, -0.15) is 5.06 Å². The van der Waals surface area contributed by atoms with Gasteiger partial charge < -0.3 is 45.1 Å². The van der Waals surface area contributed by atoms with Crippen molar-refractivity contribution in [2.75, 3.05) is 67.0 Å². The maximum atomic E-state index is 14.8. The molecule has 0 radical (unpaired) electrons. The van der Waals surface area contributed by atoms with Gasteiger partial charge in [0, 0.05) is 55.1 Å². The van der Waals surface area contributed by atoms with E-state index in [0.29, 0.717) is 47.4 Å². The number of hydroxylamine groups is 2. The fourth-order valence-electron chi connectivity index (χ4n) is 10.3. The molecule has 3 aromatic rings. The molecule has 64 heavy (non-hydrogen) atoms. The quantitative estimate of drug-likeness (QED) is 0.107. The van der Waals surface area contributed by atoms with E-state index in [1.165, 1.54) is 7.11 Å². The molecular weight excluding hydrogens is 813 g/mol. The van der Waals surface area contributed by atoms with Crippen molar-refractivity contribution in [3.05, 3.63) is 95.8 Å². The molecule has 4 N–H and O–H groups in total. The number of amides is 3. The largest absolute Gasteiger partial charge is 0.500 e. The minimum absolute atomic E-state index is 0.0377. The number of carbonyl (C=O) groups is 3. The number of aliphatic hydroxyl groups excluding tert-OH is 1. The molecule has 0 aromatic heterocycles. The molecular formula is C50H70N6O8. The Bertz CT molecular complexity index is 2110. The van der Waals surface area contributed by atoms with Gasteiger partial charge in [0.1, 0.15) is 29.8 Å². The molecule has 9 atom stereocenters. The molecule has 3 aliphatic carbocycles. The van der Waals surface area contributed by atoms with Crippen LogP contribution in [0.4, 0.5) is 10.5 Å². The highest BCUT2D eigenvalue weighted by atomic mass is 16.7. The SMILES string of the molecule is C=C(CNC(=O)O[C@@H](C)[C@H]1[C@H](CO)ON(Cc2cccc(-c3cc(C(=O)N[C@@H](Cc4ccccc4)CN(C)C)cc(N(C)C)c3)c2OC)[C@@H]1C(=O)N[C@H]1C[C@H]2C[C@@H]([C@@H]1C)C2(C)C)OC. The van der Waals surface area contributed by atoms with Crippen LogP contribution in [0.25, 0.3) is 11.1 Å². The zero-order valence-electron chi connectivity index (χ0n) is 39.4. The van der Waals surface area contributed by atoms with Gasteiger partial charge in [0.25, 0.3) is 5.91 Å². The van der Waals surface area contributed by atoms with Gasteiger partial charge in [-0.05, 0) is 92.8 Å². The van der Waals surface area contributed by atoms with Crippen molar-refractivity contribution < 1.29 is 38.5 Å². The second-order valence-electron chi connectivity index (χ2n) is 19.0. The number of alkyl carbamates (subject to hydrolysis) is 1. The first kappa shape index (κ1) is 48.3. The second-order valence-corrected chi connectivity index (χ2v) is 19.0. The van der Waals surface area contributed by atoms with Crippen molar-refractivity contribution in [1.29, 1.82) is 0 Å². The Labute approximate surface area is 379 Å². The van der Waals surface area contributed by atoms with E-state index in [0.717, 1.165) is 35.2 Å². The Morgan fingerprint density at radius 1 is 1.02 bits per heavy atom. The lowest BCUT2D eigenvalue weighted by atomic mass is 9.45. The van der Waals surface area contributed by atoms with Crippen molar-refractivity contribution in [3.8, 4) is 16.9 Å². The number of hydrogen-bond acceptors (Lipinski definition) is 11. The van der Waals surface area contributed by atoms with Crippen molar-refractivity contribution >= 4 is 23.6 Å². The third-order valence-electron chi connectivity index (χ3n) is 13.9. The van der Waals surface area contributed by atoms with E-state index in [-0.39, 0.29) is 48.3 Å². The third-order valence-corrected chi connectivity index (χ3v) is 13.9. The zero-order valence-corrected chi connectivity index (χ0v) is 39.4. The number of ether oxygens (including phenoxy) is 3. The van der Waals surface area contributed by atoms with E-state index in [1.54, 1.807) is 19.1 Å². The average Bonchev–Trinajstić information content (AvgIpc) is 3.64. The molecule has 3 saturated carbocycles. The van der Waals surface area contributed by atoms with Gasteiger partial charge in [0.2, 0.25) is 5.91 Å². The predicted molar refractivity (Wildman–Crippen MR) is 249 cm³/mol. The molecule has 3 aromatic carbocycles. The van der Waals surface area contributed by atoms with Gasteiger partial charge in [-0.3, -0.25) is 14.4 Å². The van der Waals surface area contributed by atoms with Crippen LogP contribution in [0.2, 0.25) is 0 Å². The number of hydrogen-bond donors (Lipinski definition) is 4. The number of nitrogens with zero attached hydrogens (tertiary/aromatic N) is 3. The minimum atomic E-state index is -0.945. The van der Waals surface area contributed by atoms with E-state index in [2.05, 4.69) is 60.3 Å². The van der Waals surface area contributed by atoms with Crippen molar-refractivity contribution in [1.82, 2.24) is 25.9 Å². The van der Waals surface area contributed by atoms with Gasteiger partial charge >= 0.3 is 6.09 Å². The molecule has 1 aliphatic heterocycles. The molecule has 14 heteroatoms. The smallest absolute Gasteiger partial charge is 0.407 e. The molecule has 1 saturated heterocycles. The molecule has 1 heterocycles. The molecule has 3 amide bonds. The molecule has 0 spiro atoms. The number of para-hydroxylation sites is 1. The molecule has 2 bridgehead atoms. The Kier molecular flexibility index (Phi) is 15.7. The standard InChI is InChI=1S/C50H70N6O8/c1-30(61-10)26-51-49(60)63-32(3)44-43(29-57)64-56(45(44)48(59)53-42-25-37-24-41(31(42)2)50(37,4)5)27-34-18-15-19-40(46(34)62-11)35-21-36(23-39(22-35)55(8)9)47(58)52-38(28-54(6)7)20-33-16-13-12-14-17-33/h12-19,21-23,31-32,37-38,41-45,57H,1,20,24-29H2,2-11H3,(H,51,60)(H,52,58)(H,53,59)/t31-,32-,37+,38-,41-,42-,43-,44-,45-/m0/s1. The fourth-order valence-corrected chi connectivity index (χ4v) is 10.3. The van der Waals surface area contributed by atoms with Gasteiger partial charge in [-0.1, -0.05) is 75.9 Å². The van der Waals surface area contributed by atoms with Crippen LogP contribution in [0.3, 0.4) is 0 Å². The molecule has 7 rings (SSSR count). The summed E-state index contributed by atoms with van der Waals surface area (Å²) in [5, 5.41) is 21.7. The van der Waals surface area contributed by atoms with Gasteiger partial charge in [0.05, 0.1) is 39.8 Å². The summed E-state index contributed by atoms with van der Waals surface area (Å²) >= 11 is 0. The summed E-state index contributed by atoms with van der Waals surface area (Å²) in [6, 6.07) is 20.6. The van der Waals surface area contributed by atoms with Crippen LogP contribution in [0, 0.1) is 29.1 Å². The minimum Gasteiger partial charge on any atom is -0.500 e. The van der Waals surface area contributed by atoms with Crippen LogP contribution in [0.15, 0.2) is 79.1 Å². The third kappa shape index (κ3) is 10.8. The highest BCUT2D eigenvalue weighted by Gasteiger charge is 2.57. The summed E-state index contributed by atoms with van der Waals surface area (Å²) in [5.41, 5.74) is 4.92. The van der Waals surface area contributed by atoms with Gasteiger partial charge in [0.15, 0.2) is 0 Å². The number of rotatable bonds is 19. The Morgan fingerprint density at radius 3 is 2.38 bits per heavy atom. The monoisotopic (exact) mass is 883 g/mol. The molecule has 14 nitrogen and oxygen atoms in total. The lowest BCUT2D eigenvalue weighted by Crippen LogP contribution is -2.62. The number of carbonyl (C=O) groups excluding carboxylic acids is 3. The maximum absolute atomic E-state index is 14.8. The number of benzene rings is 3. The lowest BCUT2D eigenvalue weighted by Gasteiger charge is -2.62. The summed E-state index contributed by atoms with van der Waals surface area (Å²) in [5.74, 6) is 0.985. The van der Waals surface area contributed by atoms with Crippen LogP contribution < -0.4 is 25.6 Å². The summed E-state index contributed by atoms with van der Waals surface area (Å²) in [7, 11) is 10.9. The lowest BCUT2D eigenvalue weighted by molar-refractivity contribution is -0.183.